The molecule has 2 nitrogen and oxygen atoms in total. The van der Waals surface area contributed by atoms with Gasteiger partial charge in [-0.2, -0.15) is 0 Å². The van der Waals surface area contributed by atoms with E-state index in [1.54, 1.807) is 0 Å². The monoisotopic (exact) mass is 919 g/mol. The lowest BCUT2D eigenvalue weighted by Crippen LogP contribution is -2.18. The van der Waals surface area contributed by atoms with E-state index in [0.717, 1.165) is 50.0 Å². The van der Waals surface area contributed by atoms with Crippen LogP contribution in [0.2, 0.25) is 0 Å². The van der Waals surface area contributed by atoms with Crippen LogP contribution in [-0.2, 0) is 10.8 Å². The van der Waals surface area contributed by atoms with Gasteiger partial charge in [-0.1, -0.05) is 204 Å². The Morgan fingerprint density at radius 2 is 0.819 bits per heavy atom. The largest absolute Gasteiger partial charge is 0.455 e. The van der Waals surface area contributed by atoms with Crippen LogP contribution in [0.15, 0.2) is 229 Å². The van der Waals surface area contributed by atoms with Gasteiger partial charge in [-0.25, -0.2) is 0 Å². The lowest BCUT2D eigenvalue weighted by Gasteiger charge is -2.32. The Bertz CT molecular complexity index is 4310. The number of fused-ring (bicyclic) bond motifs is 17. The molecule has 2 aliphatic rings. The van der Waals surface area contributed by atoms with Gasteiger partial charge >= 0.3 is 0 Å². The summed E-state index contributed by atoms with van der Waals surface area (Å²) in [7, 11) is 0. The first kappa shape index (κ1) is 41.1. The highest BCUT2D eigenvalue weighted by atomic mass is 16.3. The summed E-state index contributed by atoms with van der Waals surface area (Å²) >= 11 is 0. The van der Waals surface area contributed by atoms with E-state index in [1.807, 2.05) is 0 Å². The minimum atomic E-state index is -0.188. The highest BCUT2D eigenvalue weighted by molar-refractivity contribution is 6.30. The van der Waals surface area contributed by atoms with Crippen molar-refractivity contribution in [1.82, 2.24) is 0 Å². The zero-order chi connectivity index (χ0) is 48.0. The van der Waals surface area contributed by atoms with Gasteiger partial charge in [0.25, 0.3) is 0 Å². The molecule has 340 valence electrons. The number of benzene rings is 12. The van der Waals surface area contributed by atoms with E-state index in [9.17, 15) is 0 Å². The average Bonchev–Trinajstić information content (AvgIpc) is 4.00. The molecule has 15 rings (SSSR count). The summed E-state index contributed by atoms with van der Waals surface area (Å²) in [6.45, 7) is 9.54. The quantitative estimate of drug-likeness (QED) is 0.160. The summed E-state index contributed by atoms with van der Waals surface area (Å²) < 4.78 is 6.95. The van der Waals surface area contributed by atoms with E-state index in [-0.39, 0.29) is 10.8 Å². The summed E-state index contributed by atoms with van der Waals surface area (Å²) in [5, 5.41) is 11.9. The second-order valence-electron chi connectivity index (χ2n) is 21.1. The summed E-state index contributed by atoms with van der Waals surface area (Å²) in [6.07, 6.45) is 0. The van der Waals surface area contributed by atoms with Gasteiger partial charge in [-0.3, -0.25) is 0 Å². The first-order chi connectivity index (χ1) is 35.2. The molecule has 0 N–H and O–H groups in total. The van der Waals surface area contributed by atoms with Crippen molar-refractivity contribution in [3.8, 4) is 44.5 Å². The lowest BCUT2D eigenvalue weighted by atomic mass is 9.82. The van der Waals surface area contributed by atoms with E-state index in [1.165, 1.54) is 98.9 Å². The first-order valence-corrected chi connectivity index (χ1v) is 25.3. The van der Waals surface area contributed by atoms with Gasteiger partial charge < -0.3 is 9.32 Å². The molecule has 2 aliphatic carbocycles. The lowest BCUT2D eigenvalue weighted by molar-refractivity contribution is 0.660. The summed E-state index contributed by atoms with van der Waals surface area (Å²) in [5.41, 5.74) is 20.2. The molecule has 13 aromatic rings. The van der Waals surface area contributed by atoms with Crippen LogP contribution in [-0.4, -0.2) is 0 Å². The number of furan rings is 1. The first-order valence-electron chi connectivity index (χ1n) is 25.3. The highest BCUT2D eigenvalue weighted by Gasteiger charge is 2.38. The third-order valence-corrected chi connectivity index (χ3v) is 16.6. The van der Waals surface area contributed by atoms with E-state index < -0.39 is 0 Å². The Kier molecular flexibility index (Phi) is 8.51. The third kappa shape index (κ3) is 5.66. The summed E-state index contributed by atoms with van der Waals surface area (Å²) in [4.78, 5) is 2.57. The minimum Gasteiger partial charge on any atom is -0.455 e. The molecule has 0 spiro atoms. The second kappa shape index (κ2) is 14.9. The molecule has 1 aromatic heterocycles. The molecule has 0 fully saturated rings. The molecule has 2 heteroatoms. The van der Waals surface area contributed by atoms with Gasteiger partial charge in [0.1, 0.15) is 11.2 Å². The number of anilines is 3. The number of hydrogen-bond acceptors (Lipinski definition) is 2. The smallest absolute Gasteiger partial charge is 0.143 e. The Balaban J connectivity index is 1.07. The molecular formula is C70H49NO. The SMILES string of the molecule is CC1(C)c2ccccc2-c2ccc(N(c3ccc4c(c3)C(C)(C)c3ccccc3-4)c3ccc4c5ccccc5c5ccccc5c4c3-c3ccc4oc5c6ccccc6c(-c6ccccc6)cc5c4c3)cc21. The van der Waals surface area contributed by atoms with E-state index in [0.29, 0.717) is 0 Å². The molecular weight excluding hydrogens is 871 g/mol. The Labute approximate surface area is 419 Å². The Hall–Kier alpha value is -8.72. The highest BCUT2D eigenvalue weighted by Crippen LogP contribution is 2.56. The molecule has 0 unspecified atom stereocenters. The van der Waals surface area contributed by atoms with Gasteiger partial charge in [0.15, 0.2) is 0 Å². The fourth-order valence-corrected chi connectivity index (χ4v) is 13.2. The maximum atomic E-state index is 6.95. The molecule has 72 heavy (non-hydrogen) atoms. The topological polar surface area (TPSA) is 16.4 Å². The number of nitrogens with zero attached hydrogens (tertiary/aromatic N) is 1. The summed E-state index contributed by atoms with van der Waals surface area (Å²) in [6, 6.07) is 83.8. The van der Waals surface area contributed by atoms with Gasteiger partial charge in [0.05, 0.1) is 5.69 Å². The van der Waals surface area contributed by atoms with Crippen LogP contribution >= 0.6 is 0 Å². The number of hydrogen-bond donors (Lipinski definition) is 0. The number of rotatable bonds is 5. The van der Waals surface area contributed by atoms with Crippen molar-refractivity contribution in [3.63, 3.8) is 0 Å². The van der Waals surface area contributed by atoms with Crippen LogP contribution in [0, 0.1) is 0 Å². The standard InChI is InChI=1S/C70H49NO/c1-69(2)60-28-16-14-24-50(60)52-33-31-44(39-62(52)69)71(45-32-34-53-51-25-15-17-29-61(51)70(3,4)63(53)40-45)64-36-35-55-48-22-9-8-20-46(48)47-21-10-12-26-54(47)67(55)66(64)43-30-37-65-58(38-43)59-41-57(42-18-6-5-7-19-42)49-23-11-13-27-56(49)68(59)72-65/h5-41H,1-4H3. The van der Waals surface area contributed by atoms with Crippen LogP contribution in [0.25, 0.3) is 110 Å². The van der Waals surface area contributed by atoms with Crippen LogP contribution in [0.1, 0.15) is 49.9 Å². The maximum Gasteiger partial charge on any atom is 0.143 e. The van der Waals surface area contributed by atoms with Crippen LogP contribution in [0.5, 0.6) is 0 Å². The molecule has 0 aliphatic heterocycles. The minimum absolute atomic E-state index is 0.188. The molecule has 1 heterocycles. The van der Waals surface area contributed by atoms with E-state index >= 15 is 0 Å². The predicted molar refractivity (Wildman–Crippen MR) is 304 cm³/mol. The second-order valence-corrected chi connectivity index (χ2v) is 21.1. The molecule has 0 saturated carbocycles. The van der Waals surface area contributed by atoms with E-state index in [4.69, 9.17) is 4.42 Å². The van der Waals surface area contributed by atoms with Gasteiger partial charge in [-0.05, 0) is 142 Å². The van der Waals surface area contributed by atoms with Crippen molar-refractivity contribution in [2.75, 3.05) is 4.90 Å². The van der Waals surface area contributed by atoms with Crippen LogP contribution in [0.4, 0.5) is 17.1 Å². The van der Waals surface area contributed by atoms with Crippen molar-refractivity contribution in [2.45, 2.75) is 38.5 Å². The van der Waals surface area contributed by atoms with Crippen LogP contribution < -0.4 is 4.90 Å². The van der Waals surface area contributed by atoms with Gasteiger partial charge in [0, 0.05) is 49.3 Å². The predicted octanol–water partition coefficient (Wildman–Crippen LogP) is 19.6. The van der Waals surface area contributed by atoms with Crippen molar-refractivity contribution in [2.24, 2.45) is 0 Å². The maximum absolute atomic E-state index is 6.95. The molecule has 0 radical (unpaired) electrons. The Morgan fingerprint density at radius 3 is 1.44 bits per heavy atom. The molecule has 12 aromatic carbocycles. The summed E-state index contributed by atoms with van der Waals surface area (Å²) in [5.74, 6) is 0. The fourth-order valence-electron chi connectivity index (χ4n) is 13.2. The van der Waals surface area contributed by atoms with Crippen molar-refractivity contribution in [3.05, 3.63) is 247 Å². The van der Waals surface area contributed by atoms with Gasteiger partial charge in [0.2, 0.25) is 0 Å². The van der Waals surface area contributed by atoms with Gasteiger partial charge in [-0.15, -0.1) is 0 Å². The normalized spacial score (nSPS) is 14.1. The third-order valence-electron chi connectivity index (χ3n) is 16.6. The fraction of sp³-hybridized carbons (Fsp3) is 0.0857. The molecule has 0 bridgehead atoms. The molecule has 0 amide bonds. The Morgan fingerprint density at radius 1 is 0.319 bits per heavy atom. The molecule has 0 atom stereocenters. The van der Waals surface area contributed by atoms with E-state index in [2.05, 4.69) is 257 Å². The molecule has 0 saturated heterocycles. The zero-order valence-corrected chi connectivity index (χ0v) is 40.7. The van der Waals surface area contributed by atoms with Crippen molar-refractivity contribution >= 4 is 82.1 Å². The van der Waals surface area contributed by atoms with Crippen molar-refractivity contribution < 1.29 is 4.42 Å². The van der Waals surface area contributed by atoms with Crippen LogP contribution in [0.3, 0.4) is 0 Å². The average molecular weight is 920 g/mol. The van der Waals surface area contributed by atoms with Crippen molar-refractivity contribution in [1.29, 1.82) is 0 Å². The zero-order valence-electron chi connectivity index (χ0n) is 40.7.